The molecule has 0 radical (unpaired) electrons. The molecule has 1 fully saturated rings. The Bertz CT molecular complexity index is 114. The molecule has 1 aliphatic rings. The first-order valence-electron chi connectivity index (χ1n) is 3.32. The average molecular weight is 166 g/mol. The molecule has 0 aromatic carbocycles. The molecule has 66 valence electrons. The van der Waals surface area contributed by atoms with Gasteiger partial charge in [-0.3, -0.25) is 0 Å². The fraction of sp³-hybridized carbons (Fsp3) is 1.00. The van der Waals surface area contributed by atoms with Crippen LogP contribution < -0.4 is 0 Å². The van der Waals surface area contributed by atoms with Crippen molar-refractivity contribution in [2.75, 3.05) is 13.7 Å². The van der Waals surface area contributed by atoms with Crippen LogP contribution in [0.25, 0.3) is 0 Å². The van der Waals surface area contributed by atoms with Gasteiger partial charge in [-0.15, -0.1) is 0 Å². The Morgan fingerprint density at radius 2 is 2.27 bits per heavy atom. The van der Waals surface area contributed by atoms with Crippen molar-refractivity contribution in [2.24, 2.45) is 0 Å². The second-order valence-electron chi connectivity index (χ2n) is 2.40. The van der Waals surface area contributed by atoms with E-state index in [1.165, 1.54) is 7.11 Å². The van der Waals surface area contributed by atoms with Gasteiger partial charge in [0.25, 0.3) is 0 Å². The highest BCUT2D eigenvalue weighted by atomic mass is 19.1. The first-order valence-corrected chi connectivity index (χ1v) is 3.32. The maximum Gasteiger partial charge on any atom is 0.191 e. The Morgan fingerprint density at radius 1 is 1.64 bits per heavy atom. The zero-order chi connectivity index (χ0) is 8.43. The van der Waals surface area contributed by atoms with Crippen LogP contribution in [0.15, 0.2) is 0 Å². The molecule has 2 N–H and O–H groups in total. The number of methoxy groups -OCH3 is 1. The fourth-order valence-corrected chi connectivity index (χ4v) is 1.03. The largest absolute Gasteiger partial charge is 0.394 e. The van der Waals surface area contributed by atoms with Gasteiger partial charge in [0.2, 0.25) is 0 Å². The zero-order valence-electron chi connectivity index (χ0n) is 6.11. The van der Waals surface area contributed by atoms with Crippen LogP contribution in [0.2, 0.25) is 0 Å². The molecule has 1 unspecified atom stereocenters. The molecular formula is C6H11FO4. The monoisotopic (exact) mass is 166 g/mol. The van der Waals surface area contributed by atoms with E-state index in [9.17, 15) is 4.39 Å². The summed E-state index contributed by atoms with van der Waals surface area (Å²) >= 11 is 0. The van der Waals surface area contributed by atoms with E-state index in [0.717, 1.165) is 0 Å². The van der Waals surface area contributed by atoms with Gasteiger partial charge in [0, 0.05) is 7.11 Å². The van der Waals surface area contributed by atoms with E-state index < -0.39 is 31.3 Å². The molecule has 1 saturated heterocycles. The predicted octanol–water partition coefficient (Wildman–Crippen LogP) is -0.951. The van der Waals surface area contributed by atoms with Crippen LogP contribution in [0.4, 0.5) is 4.39 Å². The van der Waals surface area contributed by atoms with Gasteiger partial charge in [-0.05, 0) is 0 Å². The fourth-order valence-electron chi connectivity index (χ4n) is 1.03. The van der Waals surface area contributed by atoms with E-state index in [0.29, 0.717) is 0 Å². The van der Waals surface area contributed by atoms with E-state index in [2.05, 4.69) is 4.74 Å². The summed E-state index contributed by atoms with van der Waals surface area (Å²) in [6, 6.07) is 0. The van der Waals surface area contributed by atoms with E-state index >= 15 is 0 Å². The van der Waals surface area contributed by atoms with Gasteiger partial charge >= 0.3 is 0 Å². The van der Waals surface area contributed by atoms with Crippen LogP contribution in [0, 0.1) is 0 Å². The summed E-state index contributed by atoms with van der Waals surface area (Å²) in [6.07, 6.45) is -4.78. The number of aliphatic hydroxyl groups is 2. The topological polar surface area (TPSA) is 58.9 Å². The highest BCUT2D eigenvalue weighted by Gasteiger charge is 2.43. The first kappa shape index (κ1) is 8.86. The SMILES string of the molecule is COC1O[C@@H](CO)[C@@H](O)[C@@H]1F. The van der Waals surface area contributed by atoms with Crippen LogP contribution in [-0.2, 0) is 9.47 Å². The number of aliphatic hydroxyl groups excluding tert-OH is 2. The lowest BCUT2D eigenvalue weighted by atomic mass is 10.2. The van der Waals surface area contributed by atoms with Crippen molar-refractivity contribution in [2.45, 2.75) is 24.7 Å². The van der Waals surface area contributed by atoms with Crippen LogP contribution in [-0.4, -0.2) is 48.6 Å². The van der Waals surface area contributed by atoms with Crippen LogP contribution in [0.1, 0.15) is 0 Å². The molecule has 0 bridgehead atoms. The van der Waals surface area contributed by atoms with Crippen molar-refractivity contribution >= 4 is 0 Å². The van der Waals surface area contributed by atoms with Gasteiger partial charge in [-0.1, -0.05) is 0 Å². The van der Waals surface area contributed by atoms with Gasteiger partial charge in [0.15, 0.2) is 12.5 Å². The van der Waals surface area contributed by atoms with E-state index in [4.69, 9.17) is 14.9 Å². The summed E-state index contributed by atoms with van der Waals surface area (Å²) in [5, 5.41) is 17.6. The summed E-state index contributed by atoms with van der Waals surface area (Å²) < 4.78 is 22.2. The van der Waals surface area contributed by atoms with Crippen LogP contribution in [0.5, 0.6) is 0 Å². The third kappa shape index (κ3) is 1.51. The van der Waals surface area contributed by atoms with Crippen molar-refractivity contribution in [3.63, 3.8) is 0 Å². The summed E-state index contributed by atoms with van der Waals surface area (Å²) in [5.41, 5.74) is 0. The predicted molar refractivity (Wildman–Crippen MR) is 33.7 cm³/mol. The normalized spacial score (nSPS) is 44.7. The molecule has 4 atom stereocenters. The molecule has 0 aromatic heterocycles. The van der Waals surface area contributed by atoms with E-state index in [1.54, 1.807) is 0 Å². The smallest absolute Gasteiger partial charge is 0.191 e. The van der Waals surface area contributed by atoms with Crippen molar-refractivity contribution in [3.8, 4) is 0 Å². The Labute approximate surface area is 63.5 Å². The minimum Gasteiger partial charge on any atom is -0.394 e. The summed E-state index contributed by atoms with van der Waals surface area (Å²) in [5.74, 6) is 0. The Hall–Kier alpha value is -0.230. The van der Waals surface area contributed by atoms with Crippen molar-refractivity contribution in [1.29, 1.82) is 0 Å². The molecule has 1 aliphatic heterocycles. The van der Waals surface area contributed by atoms with Gasteiger partial charge in [-0.2, -0.15) is 0 Å². The maximum absolute atomic E-state index is 12.8. The molecule has 0 amide bonds. The molecule has 0 spiro atoms. The average Bonchev–Trinajstić information content (AvgIpc) is 2.30. The molecule has 1 heterocycles. The lowest BCUT2D eigenvalue weighted by Crippen LogP contribution is -2.31. The molecule has 11 heavy (non-hydrogen) atoms. The Balaban J connectivity index is 2.53. The third-order valence-electron chi connectivity index (χ3n) is 1.69. The van der Waals surface area contributed by atoms with Crippen LogP contribution in [0.3, 0.4) is 0 Å². The van der Waals surface area contributed by atoms with Crippen molar-refractivity contribution < 1.29 is 24.1 Å². The lowest BCUT2D eigenvalue weighted by molar-refractivity contribution is -0.141. The zero-order valence-corrected chi connectivity index (χ0v) is 6.11. The molecule has 0 aromatic rings. The summed E-state index contributed by atoms with van der Waals surface area (Å²) in [4.78, 5) is 0. The highest BCUT2D eigenvalue weighted by molar-refractivity contribution is 4.86. The number of hydrogen-bond donors (Lipinski definition) is 2. The van der Waals surface area contributed by atoms with Gasteiger partial charge in [0.1, 0.15) is 12.2 Å². The molecule has 0 aliphatic carbocycles. The Morgan fingerprint density at radius 3 is 2.55 bits per heavy atom. The Kier molecular flexibility index (Phi) is 2.78. The van der Waals surface area contributed by atoms with E-state index in [1.807, 2.05) is 0 Å². The van der Waals surface area contributed by atoms with Gasteiger partial charge in [-0.25, -0.2) is 4.39 Å². The van der Waals surface area contributed by atoms with Gasteiger partial charge in [0.05, 0.1) is 6.61 Å². The summed E-state index contributed by atoms with van der Waals surface area (Å²) in [7, 11) is 1.28. The maximum atomic E-state index is 12.8. The quantitative estimate of drug-likeness (QED) is 0.555. The number of rotatable bonds is 2. The molecule has 1 rings (SSSR count). The first-order chi connectivity index (χ1) is 5.20. The number of ether oxygens (including phenoxy) is 2. The minimum atomic E-state index is -1.57. The number of halogens is 1. The lowest BCUT2D eigenvalue weighted by Gasteiger charge is -2.09. The number of hydrogen-bond acceptors (Lipinski definition) is 4. The number of alkyl halides is 1. The highest BCUT2D eigenvalue weighted by Crippen LogP contribution is 2.23. The third-order valence-corrected chi connectivity index (χ3v) is 1.69. The molecule has 0 saturated carbocycles. The second-order valence-corrected chi connectivity index (χ2v) is 2.40. The van der Waals surface area contributed by atoms with Crippen LogP contribution >= 0.6 is 0 Å². The van der Waals surface area contributed by atoms with Crippen molar-refractivity contribution in [3.05, 3.63) is 0 Å². The standard InChI is InChI=1S/C6H11FO4/c1-10-6-4(7)5(9)3(2-8)11-6/h3-6,8-9H,2H2,1H3/t3-,4-,5+,6?/m0/s1. The minimum absolute atomic E-state index is 0.401. The molecular weight excluding hydrogens is 155 g/mol. The van der Waals surface area contributed by atoms with Gasteiger partial charge < -0.3 is 19.7 Å². The molecule has 5 heteroatoms. The van der Waals surface area contributed by atoms with Crippen molar-refractivity contribution in [1.82, 2.24) is 0 Å². The van der Waals surface area contributed by atoms with E-state index in [-0.39, 0.29) is 0 Å². The summed E-state index contributed by atoms with van der Waals surface area (Å²) in [6.45, 7) is -0.401. The second kappa shape index (κ2) is 3.44. The molecule has 4 nitrogen and oxygen atoms in total.